The Balaban J connectivity index is 1.54. The summed E-state index contributed by atoms with van der Waals surface area (Å²) in [6.07, 6.45) is -3.81. The van der Waals surface area contributed by atoms with E-state index in [1.54, 1.807) is 0 Å². The molecule has 0 bridgehead atoms. The second-order valence-corrected chi connectivity index (χ2v) is 11.8. The van der Waals surface area contributed by atoms with Gasteiger partial charge in [-0.15, -0.1) is 0 Å². The summed E-state index contributed by atoms with van der Waals surface area (Å²) in [5, 5.41) is 31.9. The minimum absolute atomic E-state index is 0.166. The first-order chi connectivity index (χ1) is 16.6. The first-order valence-electron chi connectivity index (χ1n) is 9.51. The molecule has 2 unspecified atom stereocenters. The Hall–Kier alpha value is -2.08. The highest BCUT2D eigenvalue weighted by Crippen LogP contribution is 2.66. The molecule has 6 atom stereocenters. The third kappa shape index (κ3) is 5.58. The normalized spacial score (nSPS) is 26.3. The van der Waals surface area contributed by atoms with E-state index in [0.717, 1.165) is 4.68 Å². The molecule has 1 fully saturated rings. The van der Waals surface area contributed by atoms with Gasteiger partial charge in [0.05, 0.1) is 18.2 Å². The van der Waals surface area contributed by atoms with Crippen molar-refractivity contribution in [2.45, 2.75) is 24.5 Å². The lowest BCUT2D eigenvalue weighted by Gasteiger charge is -2.19. The number of aromatic nitrogens is 4. The van der Waals surface area contributed by atoms with Gasteiger partial charge < -0.3 is 40.3 Å². The third-order valence-corrected chi connectivity index (χ3v) is 8.71. The monoisotopic (exact) mass is 573 g/mol. The van der Waals surface area contributed by atoms with Crippen LogP contribution in [0.4, 0.5) is 5.69 Å². The molecule has 0 amide bonds. The number of anilines is 1. The highest BCUT2D eigenvalue weighted by atomic mass is 31.3. The highest BCUT2D eigenvalue weighted by molar-refractivity contribution is 7.66. The van der Waals surface area contributed by atoms with Gasteiger partial charge in [-0.1, -0.05) is 0 Å². The van der Waals surface area contributed by atoms with E-state index in [4.69, 9.17) is 20.3 Å². The summed E-state index contributed by atoms with van der Waals surface area (Å²) < 4.78 is 52.2. The molecule has 198 valence electrons. The van der Waals surface area contributed by atoms with Crippen molar-refractivity contribution in [2.24, 2.45) is 0 Å². The fourth-order valence-electron chi connectivity index (χ4n) is 3.51. The van der Waals surface area contributed by atoms with Gasteiger partial charge in [0.25, 0.3) is 5.56 Å². The molecule has 9 N–H and O–H groups in total. The Morgan fingerprint density at radius 2 is 1.78 bits per heavy atom. The Morgan fingerprint density at radius 1 is 1.08 bits per heavy atom. The maximum Gasteiger partial charge on any atom is 0.490 e. The van der Waals surface area contributed by atoms with Gasteiger partial charge in [0.2, 0.25) is 0 Å². The quantitative estimate of drug-likeness (QED) is 0.147. The second kappa shape index (κ2) is 9.34. The molecule has 1 saturated heterocycles. The molecule has 0 radical (unpaired) electrons. The van der Waals surface area contributed by atoms with Crippen molar-refractivity contribution in [1.82, 2.24) is 20.0 Å². The van der Waals surface area contributed by atoms with Crippen LogP contribution >= 0.6 is 23.5 Å². The minimum Gasteiger partial charge on any atom is -0.398 e. The van der Waals surface area contributed by atoms with E-state index in [0.29, 0.717) is 10.8 Å². The zero-order valence-electron chi connectivity index (χ0n) is 17.5. The van der Waals surface area contributed by atoms with Crippen LogP contribution in [0.3, 0.4) is 0 Å². The molecule has 1 aromatic carbocycles. The van der Waals surface area contributed by atoms with Crippen molar-refractivity contribution in [3.8, 4) is 0 Å². The lowest BCUT2D eigenvalue weighted by Crippen LogP contribution is -2.33. The van der Waals surface area contributed by atoms with Gasteiger partial charge >= 0.3 is 23.5 Å². The molecule has 0 saturated carbocycles. The fraction of sp³-hybridized carbons (Fsp3) is 0.357. The second-order valence-electron chi connectivity index (χ2n) is 7.43. The van der Waals surface area contributed by atoms with Gasteiger partial charge in [-0.05, 0) is 6.07 Å². The Bertz CT molecular complexity index is 1520. The van der Waals surface area contributed by atoms with Gasteiger partial charge in [-0.2, -0.15) is 18.8 Å². The summed E-state index contributed by atoms with van der Waals surface area (Å²) in [6, 6.07) is 1.40. The van der Waals surface area contributed by atoms with Gasteiger partial charge in [-0.3, -0.25) is 9.32 Å². The summed E-state index contributed by atoms with van der Waals surface area (Å²) in [4.78, 5) is 48.0. The van der Waals surface area contributed by atoms with E-state index < -0.39 is 60.2 Å². The summed E-state index contributed by atoms with van der Waals surface area (Å²) in [5.74, 6) is 0. The van der Waals surface area contributed by atoms with Crippen LogP contribution in [0.5, 0.6) is 0 Å². The number of nitrogens with zero attached hydrogens (tertiary/aromatic N) is 3. The molecule has 19 nitrogen and oxygen atoms in total. The van der Waals surface area contributed by atoms with Gasteiger partial charge in [-0.25, -0.2) is 23.5 Å². The fourth-order valence-corrected chi connectivity index (χ4v) is 6.54. The van der Waals surface area contributed by atoms with Crippen LogP contribution in [0.25, 0.3) is 21.7 Å². The first-order valence-corrected chi connectivity index (χ1v) is 14.0. The molecule has 1 aliphatic heterocycles. The van der Waals surface area contributed by atoms with Crippen LogP contribution in [0.1, 0.15) is 6.23 Å². The van der Waals surface area contributed by atoms with E-state index >= 15 is 0 Å². The van der Waals surface area contributed by atoms with Crippen molar-refractivity contribution in [1.29, 1.82) is 0 Å². The lowest BCUT2D eigenvalue weighted by molar-refractivity contribution is -0.0579. The van der Waals surface area contributed by atoms with Gasteiger partial charge in [0.15, 0.2) is 6.23 Å². The predicted molar refractivity (Wildman–Crippen MR) is 116 cm³/mol. The lowest BCUT2D eigenvalue weighted by atomic mass is 10.1. The number of aliphatic hydroxyl groups is 2. The molecule has 1 aliphatic rings. The summed E-state index contributed by atoms with van der Waals surface area (Å²) in [5.41, 5.74) is 5.83. The van der Waals surface area contributed by atoms with Crippen LogP contribution in [0, 0.1) is 0 Å². The molecule has 4 rings (SSSR count). The Kier molecular flexibility index (Phi) is 7.00. The maximum atomic E-state index is 12.1. The topological polar surface area (TPSA) is 299 Å². The van der Waals surface area contributed by atoms with Crippen molar-refractivity contribution in [3.63, 3.8) is 0 Å². The highest BCUT2D eigenvalue weighted by Gasteiger charge is 2.46. The van der Waals surface area contributed by atoms with Crippen LogP contribution < -0.4 is 11.3 Å². The number of nitrogen functional groups attached to an aromatic ring is 1. The van der Waals surface area contributed by atoms with Gasteiger partial charge in [0, 0.05) is 22.7 Å². The minimum atomic E-state index is -5.74. The number of hydrogen-bond acceptors (Lipinski definition) is 13. The SMILES string of the molecule is Nc1cc2c(=O)[nH]ncc3nn([C@@H]4O[C@H](COP(=O)(O)OP(=O)(O)OP(=O)(O)O)[C@@H](O)[C@H]4O)cc1c32. The average molecular weight is 573 g/mol. The van der Waals surface area contributed by atoms with E-state index in [1.165, 1.54) is 18.5 Å². The van der Waals surface area contributed by atoms with Crippen LogP contribution in [-0.4, -0.2) is 74.7 Å². The third-order valence-electron chi connectivity index (χ3n) is 4.90. The summed E-state index contributed by atoms with van der Waals surface area (Å²) in [7, 11) is -16.8. The smallest absolute Gasteiger partial charge is 0.398 e. The predicted octanol–water partition coefficient (Wildman–Crippen LogP) is -1.18. The number of H-pyrrole nitrogens is 1. The number of rotatable bonds is 8. The number of aromatic amines is 1. The molecule has 0 spiro atoms. The van der Waals surface area contributed by atoms with E-state index in [-0.39, 0.29) is 16.6 Å². The zero-order valence-corrected chi connectivity index (χ0v) is 20.1. The van der Waals surface area contributed by atoms with E-state index in [9.17, 15) is 38.5 Å². The number of hydrogen-bond donors (Lipinski definition) is 8. The largest absolute Gasteiger partial charge is 0.490 e. The molecule has 22 heteroatoms. The number of phosphoric acid groups is 3. The molecular weight excluding hydrogens is 555 g/mol. The zero-order chi connectivity index (χ0) is 26.6. The van der Waals surface area contributed by atoms with Crippen molar-refractivity contribution in [2.75, 3.05) is 12.3 Å². The number of ether oxygens (including phenoxy) is 1. The van der Waals surface area contributed by atoms with E-state index in [2.05, 4.69) is 28.4 Å². The summed E-state index contributed by atoms with van der Waals surface area (Å²) >= 11 is 0. The Morgan fingerprint density at radius 3 is 2.44 bits per heavy atom. The van der Waals surface area contributed by atoms with Gasteiger partial charge in [0.1, 0.15) is 23.8 Å². The van der Waals surface area contributed by atoms with Crippen LogP contribution in [0.15, 0.2) is 23.3 Å². The van der Waals surface area contributed by atoms with Crippen molar-refractivity contribution in [3.05, 3.63) is 28.8 Å². The number of phosphoric ester groups is 1. The maximum absolute atomic E-state index is 12.1. The molecule has 0 aliphatic carbocycles. The summed E-state index contributed by atoms with van der Waals surface area (Å²) in [6.45, 7) is -1.00. The van der Waals surface area contributed by atoms with Crippen molar-refractivity contribution < 1.29 is 61.4 Å². The average Bonchev–Trinajstić information content (AvgIpc) is 3.15. The number of aliphatic hydroxyl groups excluding tert-OH is 2. The van der Waals surface area contributed by atoms with E-state index in [1.807, 2.05) is 0 Å². The standard InChI is InChI=1S/C14H18N5O14P3/c15-7-1-5-10-6(7)3-19(18-8(10)2-16-17-13(5)22)14-12(21)11(20)9(31-14)4-30-35(26,27)33-36(28,29)32-34(23,24)25/h1-3,9,11-12,14,20-21H,4,15H2,(H,17,22)(H,26,27)(H,28,29)(H2,23,24,25)/t9-,11-,12-,14-/m1/s1. The molecular formula is C14H18N5O14P3. The number of nitrogens with two attached hydrogens (primary N) is 1. The van der Waals surface area contributed by atoms with Crippen LogP contribution in [-0.2, 0) is 31.6 Å². The number of nitrogens with one attached hydrogen (secondary N) is 1. The molecule has 2 aromatic heterocycles. The first kappa shape index (κ1) is 27.0. The van der Waals surface area contributed by atoms with Crippen molar-refractivity contribution >= 4 is 50.8 Å². The Labute approximate surface area is 198 Å². The molecule has 3 heterocycles. The van der Waals surface area contributed by atoms with Crippen LogP contribution in [0.2, 0.25) is 0 Å². The molecule has 36 heavy (non-hydrogen) atoms. The molecule has 3 aromatic rings.